The van der Waals surface area contributed by atoms with Gasteiger partial charge in [-0.15, -0.1) is 6.58 Å². The van der Waals surface area contributed by atoms with Crippen molar-refractivity contribution >= 4 is 5.69 Å². The monoisotopic (exact) mass is 295 g/mol. The number of aromatic hydroxyl groups is 1. The summed E-state index contributed by atoms with van der Waals surface area (Å²) in [5.41, 5.74) is -0.363. The molecule has 114 valence electrons. The first-order valence-corrected chi connectivity index (χ1v) is 6.77. The number of nitro groups is 1. The quantitative estimate of drug-likeness (QED) is 0.493. The summed E-state index contributed by atoms with van der Waals surface area (Å²) in [6.07, 6.45) is 2.15. The maximum absolute atomic E-state index is 13.7. The average molecular weight is 295 g/mol. The maximum atomic E-state index is 13.7. The van der Waals surface area contributed by atoms with E-state index in [1.807, 2.05) is 0 Å². The molecule has 0 aromatic heterocycles. The normalized spacial score (nSPS) is 17.4. The molecule has 0 amide bonds. The molecule has 1 aliphatic heterocycles. The first kappa shape index (κ1) is 15.4. The molecule has 7 heteroatoms. The number of rotatable bonds is 5. The van der Waals surface area contributed by atoms with Crippen LogP contribution in [0.2, 0.25) is 0 Å². The van der Waals surface area contributed by atoms with Crippen molar-refractivity contribution < 1.29 is 14.4 Å². The van der Waals surface area contributed by atoms with Gasteiger partial charge in [0.15, 0.2) is 5.75 Å². The van der Waals surface area contributed by atoms with Crippen LogP contribution in [0.1, 0.15) is 18.0 Å². The van der Waals surface area contributed by atoms with Gasteiger partial charge in [0, 0.05) is 37.8 Å². The van der Waals surface area contributed by atoms with Crippen LogP contribution in [0.3, 0.4) is 0 Å². The van der Waals surface area contributed by atoms with Crippen molar-refractivity contribution in [3.8, 4) is 5.75 Å². The molecule has 6 nitrogen and oxygen atoms in total. The molecule has 21 heavy (non-hydrogen) atoms. The summed E-state index contributed by atoms with van der Waals surface area (Å²) in [6.45, 7) is 6.69. The van der Waals surface area contributed by atoms with Gasteiger partial charge in [-0.3, -0.25) is 15.0 Å². The fourth-order valence-corrected chi connectivity index (χ4v) is 2.62. The van der Waals surface area contributed by atoms with E-state index in [0.29, 0.717) is 6.42 Å². The third-order valence-electron chi connectivity index (χ3n) is 3.62. The Balaban J connectivity index is 2.43. The summed E-state index contributed by atoms with van der Waals surface area (Å²) >= 11 is 0. The zero-order chi connectivity index (χ0) is 15.4. The third kappa shape index (κ3) is 3.37. The lowest BCUT2D eigenvalue weighted by molar-refractivity contribution is -0.386. The van der Waals surface area contributed by atoms with Crippen LogP contribution < -0.4 is 5.32 Å². The van der Waals surface area contributed by atoms with E-state index >= 15 is 0 Å². The molecule has 0 radical (unpaired) electrons. The number of phenolic OH excluding ortho intramolecular Hbond substituents is 1. The number of halogens is 1. The number of piperazine rings is 1. The molecule has 1 heterocycles. The lowest BCUT2D eigenvalue weighted by Crippen LogP contribution is -2.45. The van der Waals surface area contributed by atoms with Gasteiger partial charge in [0.25, 0.3) is 0 Å². The van der Waals surface area contributed by atoms with Crippen molar-refractivity contribution in [3.63, 3.8) is 0 Å². The van der Waals surface area contributed by atoms with E-state index in [1.54, 1.807) is 6.08 Å². The van der Waals surface area contributed by atoms with Crippen LogP contribution >= 0.6 is 0 Å². The van der Waals surface area contributed by atoms with Gasteiger partial charge < -0.3 is 10.4 Å². The van der Waals surface area contributed by atoms with E-state index in [0.717, 1.165) is 32.2 Å². The van der Waals surface area contributed by atoms with Crippen molar-refractivity contribution in [1.29, 1.82) is 0 Å². The Hall–Kier alpha value is -1.99. The predicted molar refractivity (Wildman–Crippen MR) is 76.7 cm³/mol. The zero-order valence-electron chi connectivity index (χ0n) is 11.6. The number of hydrogen-bond acceptors (Lipinski definition) is 5. The Kier molecular flexibility index (Phi) is 4.87. The van der Waals surface area contributed by atoms with Crippen molar-refractivity contribution in [2.75, 3.05) is 26.2 Å². The number of nitro benzene ring substituents is 1. The second kappa shape index (κ2) is 6.64. The molecule has 1 atom stereocenters. The smallest absolute Gasteiger partial charge is 0.313 e. The fourth-order valence-electron chi connectivity index (χ4n) is 2.62. The van der Waals surface area contributed by atoms with Crippen LogP contribution in [0.5, 0.6) is 5.75 Å². The second-order valence-electron chi connectivity index (χ2n) is 4.95. The predicted octanol–water partition coefficient (Wildman–Crippen LogP) is 1.96. The van der Waals surface area contributed by atoms with Gasteiger partial charge in [0.1, 0.15) is 5.82 Å². The molecule has 1 aromatic carbocycles. The van der Waals surface area contributed by atoms with Crippen LogP contribution in [0.15, 0.2) is 24.8 Å². The minimum Gasteiger partial charge on any atom is -0.502 e. The van der Waals surface area contributed by atoms with E-state index in [2.05, 4.69) is 16.8 Å². The minimum absolute atomic E-state index is 0.239. The largest absolute Gasteiger partial charge is 0.502 e. The summed E-state index contributed by atoms with van der Waals surface area (Å²) < 4.78 is 13.7. The van der Waals surface area contributed by atoms with Gasteiger partial charge in [0.2, 0.25) is 0 Å². The van der Waals surface area contributed by atoms with Crippen molar-refractivity contribution in [3.05, 3.63) is 46.3 Å². The van der Waals surface area contributed by atoms with Crippen LogP contribution in [0.25, 0.3) is 0 Å². The molecule has 0 spiro atoms. The molecule has 0 saturated carbocycles. The molecule has 1 aliphatic rings. The fraction of sp³-hybridized carbons (Fsp3) is 0.429. The molecule has 1 fully saturated rings. The lowest BCUT2D eigenvalue weighted by atomic mass is 9.99. The summed E-state index contributed by atoms with van der Waals surface area (Å²) in [5, 5.41) is 24.3. The first-order valence-electron chi connectivity index (χ1n) is 6.77. The molecular weight excluding hydrogens is 277 g/mol. The van der Waals surface area contributed by atoms with Crippen LogP contribution in [0.4, 0.5) is 10.1 Å². The van der Waals surface area contributed by atoms with Gasteiger partial charge in [-0.1, -0.05) is 6.08 Å². The Morgan fingerprint density at radius 1 is 1.52 bits per heavy atom. The molecule has 0 bridgehead atoms. The number of hydrogen-bond donors (Lipinski definition) is 2. The SMILES string of the molecule is C=CC[C@H](c1cc(F)cc([N+](=O)[O-])c1O)N1CCNCC1. The minimum atomic E-state index is -0.773. The second-order valence-corrected chi connectivity index (χ2v) is 4.95. The van der Waals surface area contributed by atoms with Crippen LogP contribution in [-0.4, -0.2) is 41.1 Å². The van der Waals surface area contributed by atoms with Crippen molar-refractivity contribution in [1.82, 2.24) is 10.2 Å². The van der Waals surface area contributed by atoms with Crippen LogP contribution in [-0.2, 0) is 0 Å². The van der Waals surface area contributed by atoms with Gasteiger partial charge in [0.05, 0.1) is 11.0 Å². The van der Waals surface area contributed by atoms with E-state index in [4.69, 9.17) is 0 Å². The van der Waals surface area contributed by atoms with E-state index in [1.165, 1.54) is 6.07 Å². The lowest BCUT2D eigenvalue weighted by Gasteiger charge is -2.34. The standard InChI is InChI=1S/C14H18FN3O3/c1-2-3-12(17-6-4-16-5-7-17)11-8-10(15)9-13(14(11)19)18(20)21/h2,8-9,12,16,19H,1,3-7H2/t12-/m1/s1. The number of phenols is 1. The van der Waals surface area contributed by atoms with Gasteiger partial charge >= 0.3 is 5.69 Å². The van der Waals surface area contributed by atoms with Gasteiger partial charge in [-0.2, -0.15) is 0 Å². The molecule has 0 aliphatic carbocycles. The Labute approximate surface area is 122 Å². The average Bonchev–Trinajstić information content (AvgIpc) is 2.47. The highest BCUT2D eigenvalue weighted by atomic mass is 19.1. The number of nitrogens with zero attached hydrogens (tertiary/aromatic N) is 2. The van der Waals surface area contributed by atoms with Crippen LogP contribution in [0, 0.1) is 15.9 Å². The highest BCUT2D eigenvalue weighted by molar-refractivity contribution is 5.52. The van der Waals surface area contributed by atoms with E-state index in [9.17, 15) is 19.6 Å². The Bertz CT molecular complexity index is 545. The summed E-state index contributed by atoms with van der Waals surface area (Å²) in [7, 11) is 0. The summed E-state index contributed by atoms with van der Waals surface area (Å²) in [5.74, 6) is -1.19. The van der Waals surface area contributed by atoms with Crippen molar-refractivity contribution in [2.45, 2.75) is 12.5 Å². The number of nitrogens with one attached hydrogen (secondary N) is 1. The van der Waals surface area contributed by atoms with Gasteiger partial charge in [-0.05, 0) is 12.5 Å². The molecule has 1 saturated heterocycles. The Morgan fingerprint density at radius 2 is 2.19 bits per heavy atom. The molecule has 2 rings (SSSR count). The highest BCUT2D eigenvalue weighted by Gasteiger charge is 2.28. The topological polar surface area (TPSA) is 78.6 Å². The molecular formula is C14H18FN3O3. The third-order valence-corrected chi connectivity index (χ3v) is 3.62. The maximum Gasteiger partial charge on any atom is 0.313 e. The Morgan fingerprint density at radius 3 is 2.76 bits per heavy atom. The summed E-state index contributed by atoms with van der Waals surface area (Å²) in [4.78, 5) is 12.2. The van der Waals surface area contributed by atoms with E-state index in [-0.39, 0.29) is 11.6 Å². The number of benzene rings is 1. The molecule has 1 aromatic rings. The molecule has 0 unspecified atom stereocenters. The summed E-state index contributed by atoms with van der Waals surface area (Å²) in [6, 6.07) is 1.58. The molecule has 2 N–H and O–H groups in total. The van der Waals surface area contributed by atoms with E-state index < -0.39 is 22.2 Å². The first-order chi connectivity index (χ1) is 10.0. The highest BCUT2D eigenvalue weighted by Crippen LogP contribution is 2.38. The zero-order valence-corrected chi connectivity index (χ0v) is 11.6. The van der Waals surface area contributed by atoms with Gasteiger partial charge in [-0.25, -0.2) is 4.39 Å². The van der Waals surface area contributed by atoms with Crippen molar-refractivity contribution in [2.24, 2.45) is 0 Å².